The van der Waals surface area contributed by atoms with Crippen molar-refractivity contribution in [2.75, 3.05) is 19.5 Å². The lowest BCUT2D eigenvalue weighted by atomic mass is 10.2. The molecule has 2 amide bonds. The quantitative estimate of drug-likeness (QED) is 0.598. The molecule has 0 saturated carbocycles. The van der Waals surface area contributed by atoms with Gasteiger partial charge in [-0.15, -0.1) is 0 Å². The second kappa shape index (κ2) is 8.35. The SMILES string of the molecule is COc1cc(/C=N\NC(=O)Nc2ccccc2C)cc(Br)c1OC. The minimum atomic E-state index is -0.417. The Balaban J connectivity index is 2.02. The first-order valence-electron chi connectivity index (χ1n) is 7.12. The number of para-hydroxylation sites is 1. The fourth-order valence-corrected chi connectivity index (χ4v) is 2.66. The highest BCUT2D eigenvalue weighted by Crippen LogP contribution is 2.35. The van der Waals surface area contributed by atoms with Gasteiger partial charge in [0.25, 0.3) is 0 Å². The molecule has 0 aliphatic rings. The number of aryl methyl sites for hydroxylation is 1. The standard InChI is InChI=1S/C17H18BrN3O3/c1-11-6-4-5-7-14(11)20-17(22)21-19-10-12-8-13(18)16(24-3)15(9-12)23-2/h4-10H,1-3H3,(H2,20,21,22)/b19-10-. The zero-order valence-electron chi connectivity index (χ0n) is 13.6. The molecule has 0 radical (unpaired) electrons. The summed E-state index contributed by atoms with van der Waals surface area (Å²) in [6, 6.07) is 10.7. The van der Waals surface area contributed by atoms with Crippen LogP contribution in [0.5, 0.6) is 11.5 Å². The summed E-state index contributed by atoms with van der Waals surface area (Å²) in [6.45, 7) is 1.92. The van der Waals surface area contributed by atoms with Gasteiger partial charge in [0.05, 0.1) is 24.9 Å². The lowest BCUT2D eigenvalue weighted by Gasteiger charge is -2.10. The number of methoxy groups -OCH3 is 2. The largest absolute Gasteiger partial charge is 0.493 e. The molecule has 2 rings (SSSR count). The third-order valence-corrected chi connectivity index (χ3v) is 3.82. The van der Waals surface area contributed by atoms with Gasteiger partial charge in [0.15, 0.2) is 11.5 Å². The van der Waals surface area contributed by atoms with Gasteiger partial charge < -0.3 is 14.8 Å². The topological polar surface area (TPSA) is 72.0 Å². The van der Waals surface area contributed by atoms with Crippen LogP contribution in [0, 0.1) is 6.92 Å². The monoisotopic (exact) mass is 391 g/mol. The number of nitrogens with one attached hydrogen (secondary N) is 2. The van der Waals surface area contributed by atoms with E-state index in [-0.39, 0.29) is 0 Å². The molecule has 24 heavy (non-hydrogen) atoms. The van der Waals surface area contributed by atoms with Crippen molar-refractivity contribution in [1.82, 2.24) is 5.43 Å². The van der Waals surface area contributed by atoms with Crippen molar-refractivity contribution in [2.24, 2.45) is 5.10 Å². The molecule has 2 N–H and O–H groups in total. The van der Waals surface area contributed by atoms with Gasteiger partial charge in [-0.25, -0.2) is 10.2 Å². The maximum absolute atomic E-state index is 11.9. The second-order valence-electron chi connectivity index (χ2n) is 4.88. The van der Waals surface area contributed by atoms with Crippen LogP contribution in [0.3, 0.4) is 0 Å². The van der Waals surface area contributed by atoms with E-state index in [9.17, 15) is 4.79 Å². The molecule has 0 fully saturated rings. The number of hydrogen-bond acceptors (Lipinski definition) is 4. The Hall–Kier alpha value is -2.54. The van der Waals surface area contributed by atoms with Crippen LogP contribution in [-0.4, -0.2) is 26.5 Å². The van der Waals surface area contributed by atoms with E-state index >= 15 is 0 Å². The fourth-order valence-electron chi connectivity index (χ4n) is 2.04. The first-order chi connectivity index (χ1) is 11.5. The van der Waals surface area contributed by atoms with Gasteiger partial charge in [0.1, 0.15) is 0 Å². The summed E-state index contributed by atoms with van der Waals surface area (Å²) < 4.78 is 11.2. The van der Waals surface area contributed by atoms with Crippen molar-refractivity contribution < 1.29 is 14.3 Å². The third kappa shape index (κ3) is 4.48. The van der Waals surface area contributed by atoms with Crippen LogP contribution in [0.15, 0.2) is 46.0 Å². The van der Waals surface area contributed by atoms with Crippen molar-refractivity contribution in [3.8, 4) is 11.5 Å². The van der Waals surface area contributed by atoms with Gasteiger partial charge in [0, 0.05) is 5.69 Å². The van der Waals surface area contributed by atoms with Crippen molar-refractivity contribution in [3.63, 3.8) is 0 Å². The maximum Gasteiger partial charge on any atom is 0.339 e. The van der Waals surface area contributed by atoms with E-state index in [1.807, 2.05) is 37.3 Å². The van der Waals surface area contributed by atoms with Gasteiger partial charge >= 0.3 is 6.03 Å². The minimum Gasteiger partial charge on any atom is -0.493 e. The fraction of sp³-hybridized carbons (Fsp3) is 0.176. The van der Waals surface area contributed by atoms with Crippen LogP contribution in [0.1, 0.15) is 11.1 Å². The van der Waals surface area contributed by atoms with Crippen molar-refractivity contribution in [3.05, 3.63) is 52.0 Å². The summed E-state index contributed by atoms with van der Waals surface area (Å²) in [5.74, 6) is 1.16. The maximum atomic E-state index is 11.9. The Morgan fingerprint density at radius 2 is 1.96 bits per heavy atom. The summed E-state index contributed by atoms with van der Waals surface area (Å²) in [6.07, 6.45) is 1.52. The van der Waals surface area contributed by atoms with Gasteiger partial charge in [-0.3, -0.25) is 0 Å². The number of benzene rings is 2. The van der Waals surface area contributed by atoms with Crippen LogP contribution in [-0.2, 0) is 0 Å². The molecule has 0 saturated heterocycles. The molecule has 0 bridgehead atoms. The van der Waals surface area contributed by atoms with Gasteiger partial charge in [-0.1, -0.05) is 18.2 Å². The molecule has 0 aliphatic carbocycles. The Bertz CT molecular complexity index is 763. The molecule has 2 aromatic carbocycles. The molecule has 0 aromatic heterocycles. The van der Waals surface area contributed by atoms with Crippen LogP contribution in [0.2, 0.25) is 0 Å². The molecular formula is C17H18BrN3O3. The van der Waals surface area contributed by atoms with E-state index in [4.69, 9.17) is 9.47 Å². The highest BCUT2D eigenvalue weighted by molar-refractivity contribution is 9.10. The van der Waals surface area contributed by atoms with E-state index < -0.39 is 6.03 Å². The Morgan fingerprint density at radius 1 is 1.21 bits per heavy atom. The molecule has 0 spiro atoms. The van der Waals surface area contributed by atoms with Gasteiger partial charge in [0.2, 0.25) is 0 Å². The molecule has 0 aliphatic heterocycles. The predicted octanol–water partition coefficient (Wildman–Crippen LogP) is 3.93. The van der Waals surface area contributed by atoms with E-state index in [2.05, 4.69) is 31.8 Å². The van der Waals surface area contributed by atoms with E-state index in [1.165, 1.54) is 6.21 Å². The molecule has 0 heterocycles. The zero-order chi connectivity index (χ0) is 17.5. The molecule has 126 valence electrons. The van der Waals surface area contributed by atoms with Crippen LogP contribution >= 0.6 is 15.9 Å². The number of hydrazone groups is 1. The first kappa shape index (κ1) is 17.8. The Morgan fingerprint density at radius 3 is 2.62 bits per heavy atom. The average molecular weight is 392 g/mol. The summed E-state index contributed by atoms with van der Waals surface area (Å²) in [7, 11) is 3.12. The number of anilines is 1. The van der Waals surface area contributed by atoms with Crippen molar-refractivity contribution in [1.29, 1.82) is 0 Å². The van der Waals surface area contributed by atoms with Gasteiger partial charge in [-0.2, -0.15) is 5.10 Å². The average Bonchev–Trinajstić information content (AvgIpc) is 2.56. The normalized spacial score (nSPS) is 10.5. The number of nitrogens with zero attached hydrogens (tertiary/aromatic N) is 1. The van der Waals surface area contributed by atoms with Gasteiger partial charge in [-0.05, 0) is 52.2 Å². The molecule has 0 unspecified atom stereocenters. The molecule has 2 aromatic rings. The summed E-state index contributed by atoms with van der Waals surface area (Å²) >= 11 is 3.41. The van der Waals surface area contributed by atoms with E-state index in [1.54, 1.807) is 20.3 Å². The number of ether oxygens (including phenoxy) is 2. The second-order valence-corrected chi connectivity index (χ2v) is 5.73. The number of urea groups is 1. The molecule has 6 nitrogen and oxygen atoms in total. The summed E-state index contributed by atoms with van der Waals surface area (Å²) in [5, 5.41) is 6.67. The number of rotatable bonds is 5. The zero-order valence-corrected chi connectivity index (χ0v) is 15.2. The van der Waals surface area contributed by atoms with E-state index in [0.717, 1.165) is 21.3 Å². The number of hydrogen-bond donors (Lipinski definition) is 2. The Labute approximate surface area is 149 Å². The third-order valence-electron chi connectivity index (χ3n) is 3.23. The highest BCUT2D eigenvalue weighted by Gasteiger charge is 2.09. The summed E-state index contributed by atoms with van der Waals surface area (Å²) in [5.41, 5.74) is 4.88. The van der Waals surface area contributed by atoms with Crippen LogP contribution < -0.4 is 20.2 Å². The number of carbonyl (C=O) groups is 1. The van der Waals surface area contributed by atoms with Crippen LogP contribution in [0.4, 0.5) is 10.5 Å². The van der Waals surface area contributed by atoms with Crippen molar-refractivity contribution >= 4 is 33.9 Å². The molecular weight excluding hydrogens is 374 g/mol. The smallest absolute Gasteiger partial charge is 0.339 e. The number of amides is 2. The number of halogens is 1. The highest BCUT2D eigenvalue weighted by atomic mass is 79.9. The van der Waals surface area contributed by atoms with Crippen LogP contribution in [0.25, 0.3) is 0 Å². The molecule has 0 atom stereocenters. The minimum absolute atomic E-state index is 0.417. The number of carbonyl (C=O) groups excluding carboxylic acids is 1. The first-order valence-corrected chi connectivity index (χ1v) is 7.91. The Kier molecular flexibility index (Phi) is 6.20. The molecule has 7 heteroatoms. The lowest BCUT2D eigenvalue weighted by Crippen LogP contribution is -2.24. The predicted molar refractivity (Wildman–Crippen MR) is 98.2 cm³/mol. The summed E-state index contributed by atoms with van der Waals surface area (Å²) in [4.78, 5) is 11.9. The van der Waals surface area contributed by atoms with E-state index in [0.29, 0.717) is 11.5 Å². The lowest BCUT2D eigenvalue weighted by molar-refractivity contribution is 0.252. The van der Waals surface area contributed by atoms with Crippen molar-refractivity contribution in [2.45, 2.75) is 6.92 Å².